The number of nitrogens with zero attached hydrogens (tertiary/aromatic N) is 2. The van der Waals surface area contributed by atoms with E-state index in [0.717, 1.165) is 39.3 Å². The first-order valence-corrected chi connectivity index (χ1v) is 5.66. The van der Waals surface area contributed by atoms with E-state index in [9.17, 15) is 0 Å². The molecule has 0 fully saturated rings. The van der Waals surface area contributed by atoms with Gasteiger partial charge in [0.25, 0.3) is 0 Å². The lowest BCUT2D eigenvalue weighted by Gasteiger charge is -2.02. The average molecular weight is 211 g/mol. The Labute approximate surface area is 91.6 Å². The Balaban J connectivity index is 2.14. The summed E-state index contributed by atoms with van der Waals surface area (Å²) in [7, 11) is 0. The molecule has 0 saturated heterocycles. The second-order valence-electron chi connectivity index (χ2n) is 3.49. The summed E-state index contributed by atoms with van der Waals surface area (Å²) in [6.07, 6.45) is 5.14. The van der Waals surface area contributed by atoms with E-state index < -0.39 is 0 Å². The predicted molar refractivity (Wildman–Crippen MR) is 60.7 cm³/mol. The maximum atomic E-state index is 5.23. The summed E-state index contributed by atoms with van der Waals surface area (Å²) in [6.45, 7) is 8.49. The zero-order valence-electron chi connectivity index (χ0n) is 9.70. The Hall–Kier alpha value is -0.870. The first kappa shape index (κ1) is 12.2. The van der Waals surface area contributed by atoms with Crippen LogP contribution in [0.3, 0.4) is 0 Å². The maximum absolute atomic E-state index is 5.23. The zero-order valence-corrected chi connectivity index (χ0v) is 9.70. The Morgan fingerprint density at radius 1 is 1.47 bits per heavy atom. The van der Waals surface area contributed by atoms with Crippen molar-refractivity contribution < 1.29 is 4.74 Å². The summed E-state index contributed by atoms with van der Waals surface area (Å²) in [6, 6.07) is 0. The van der Waals surface area contributed by atoms with E-state index in [0.29, 0.717) is 0 Å². The molecule has 4 nitrogen and oxygen atoms in total. The van der Waals surface area contributed by atoms with Crippen LogP contribution in [-0.4, -0.2) is 29.5 Å². The van der Waals surface area contributed by atoms with Crippen molar-refractivity contribution in [3.05, 3.63) is 18.0 Å². The van der Waals surface area contributed by atoms with Gasteiger partial charge < -0.3 is 10.1 Å². The van der Waals surface area contributed by atoms with Crippen molar-refractivity contribution in [1.82, 2.24) is 15.1 Å². The van der Waals surface area contributed by atoms with Crippen molar-refractivity contribution in [3.63, 3.8) is 0 Å². The molecule has 86 valence electrons. The molecule has 1 heterocycles. The van der Waals surface area contributed by atoms with Gasteiger partial charge in [-0.1, -0.05) is 6.92 Å². The highest BCUT2D eigenvalue weighted by Gasteiger charge is 1.96. The smallest absolute Gasteiger partial charge is 0.0590 e. The molecule has 0 spiro atoms. The quantitative estimate of drug-likeness (QED) is 0.661. The minimum Gasteiger partial charge on any atom is -0.380 e. The number of aryl methyl sites for hydroxylation is 1. The summed E-state index contributed by atoms with van der Waals surface area (Å²) in [4.78, 5) is 0. The first-order valence-electron chi connectivity index (χ1n) is 5.66. The lowest BCUT2D eigenvalue weighted by Crippen LogP contribution is -2.18. The van der Waals surface area contributed by atoms with E-state index in [1.165, 1.54) is 5.56 Å². The molecular weight excluding hydrogens is 190 g/mol. The normalized spacial score (nSPS) is 10.8. The van der Waals surface area contributed by atoms with E-state index in [2.05, 4.69) is 23.5 Å². The average Bonchev–Trinajstić information content (AvgIpc) is 2.66. The molecule has 0 unspecified atom stereocenters. The number of ether oxygens (including phenoxy) is 1. The van der Waals surface area contributed by atoms with E-state index in [1.807, 2.05) is 17.8 Å². The molecular formula is C11H21N3O. The minimum absolute atomic E-state index is 0.777. The summed E-state index contributed by atoms with van der Waals surface area (Å²) in [5.41, 5.74) is 1.24. The molecule has 0 aromatic carbocycles. The van der Waals surface area contributed by atoms with Gasteiger partial charge in [-0.2, -0.15) is 5.10 Å². The fourth-order valence-corrected chi connectivity index (χ4v) is 1.37. The highest BCUT2D eigenvalue weighted by Crippen LogP contribution is 1.97. The number of nitrogens with one attached hydrogen (secondary N) is 1. The van der Waals surface area contributed by atoms with Gasteiger partial charge in [0.05, 0.1) is 12.8 Å². The molecule has 0 radical (unpaired) electrons. The van der Waals surface area contributed by atoms with E-state index in [4.69, 9.17) is 4.74 Å². The molecule has 1 N–H and O–H groups in total. The van der Waals surface area contributed by atoms with Gasteiger partial charge in [-0.25, -0.2) is 0 Å². The van der Waals surface area contributed by atoms with Crippen molar-refractivity contribution >= 4 is 0 Å². The highest BCUT2D eigenvalue weighted by molar-refractivity contribution is 5.03. The molecule has 0 saturated carbocycles. The highest BCUT2D eigenvalue weighted by atomic mass is 16.5. The van der Waals surface area contributed by atoms with Crippen LogP contribution in [0, 0.1) is 0 Å². The SMILES string of the molecule is CCCn1cc(CNCCOCC)cn1. The van der Waals surface area contributed by atoms with Crippen LogP contribution in [0.15, 0.2) is 12.4 Å². The lowest BCUT2D eigenvalue weighted by molar-refractivity contribution is 0.149. The fourth-order valence-electron chi connectivity index (χ4n) is 1.37. The Kier molecular flexibility index (Phi) is 6.04. The van der Waals surface area contributed by atoms with Crippen molar-refractivity contribution in [2.45, 2.75) is 33.4 Å². The summed E-state index contributed by atoms with van der Waals surface area (Å²) < 4.78 is 7.22. The van der Waals surface area contributed by atoms with Crippen LogP contribution in [0.25, 0.3) is 0 Å². The molecule has 0 atom stereocenters. The molecule has 1 aromatic rings. The molecule has 0 amide bonds. The van der Waals surface area contributed by atoms with Gasteiger partial charge in [0.1, 0.15) is 0 Å². The third-order valence-electron chi connectivity index (χ3n) is 2.10. The molecule has 1 rings (SSSR count). The van der Waals surface area contributed by atoms with Crippen molar-refractivity contribution in [2.24, 2.45) is 0 Å². The second-order valence-corrected chi connectivity index (χ2v) is 3.49. The molecule has 0 aliphatic rings. The summed E-state index contributed by atoms with van der Waals surface area (Å²) in [5.74, 6) is 0. The standard InChI is InChI=1S/C11H21N3O/c1-3-6-14-10-11(9-13-14)8-12-5-7-15-4-2/h9-10,12H,3-8H2,1-2H3. The van der Waals surface area contributed by atoms with Crippen LogP contribution < -0.4 is 5.32 Å². The van der Waals surface area contributed by atoms with E-state index in [1.54, 1.807) is 0 Å². The number of rotatable bonds is 8. The van der Waals surface area contributed by atoms with Gasteiger partial charge in [-0.15, -0.1) is 0 Å². The van der Waals surface area contributed by atoms with Gasteiger partial charge in [0, 0.05) is 38.0 Å². The van der Waals surface area contributed by atoms with Gasteiger partial charge in [0.15, 0.2) is 0 Å². The molecule has 15 heavy (non-hydrogen) atoms. The first-order chi connectivity index (χ1) is 7.36. The van der Waals surface area contributed by atoms with Crippen molar-refractivity contribution in [2.75, 3.05) is 19.8 Å². The Morgan fingerprint density at radius 3 is 3.07 bits per heavy atom. The fraction of sp³-hybridized carbons (Fsp3) is 0.727. The van der Waals surface area contributed by atoms with Crippen LogP contribution in [0.1, 0.15) is 25.8 Å². The van der Waals surface area contributed by atoms with E-state index in [-0.39, 0.29) is 0 Å². The molecule has 0 aliphatic heterocycles. The van der Waals surface area contributed by atoms with Crippen molar-refractivity contribution in [1.29, 1.82) is 0 Å². The maximum Gasteiger partial charge on any atom is 0.0590 e. The monoisotopic (exact) mass is 211 g/mol. The number of hydrogen-bond donors (Lipinski definition) is 1. The summed E-state index contributed by atoms with van der Waals surface area (Å²) in [5, 5.41) is 7.58. The topological polar surface area (TPSA) is 39.1 Å². The summed E-state index contributed by atoms with van der Waals surface area (Å²) >= 11 is 0. The van der Waals surface area contributed by atoms with Crippen LogP contribution >= 0.6 is 0 Å². The van der Waals surface area contributed by atoms with Crippen LogP contribution in [0.5, 0.6) is 0 Å². The third-order valence-corrected chi connectivity index (χ3v) is 2.10. The molecule has 0 bridgehead atoms. The van der Waals surface area contributed by atoms with Crippen LogP contribution in [0.2, 0.25) is 0 Å². The van der Waals surface area contributed by atoms with Gasteiger partial charge >= 0.3 is 0 Å². The van der Waals surface area contributed by atoms with Crippen LogP contribution in [0.4, 0.5) is 0 Å². The number of aromatic nitrogens is 2. The second kappa shape index (κ2) is 7.43. The number of hydrogen-bond acceptors (Lipinski definition) is 3. The molecule has 0 aliphatic carbocycles. The third kappa shape index (κ3) is 4.95. The van der Waals surface area contributed by atoms with Gasteiger partial charge in [0.2, 0.25) is 0 Å². The Bertz CT molecular complexity index is 260. The largest absolute Gasteiger partial charge is 0.380 e. The molecule has 4 heteroatoms. The zero-order chi connectivity index (χ0) is 10.9. The predicted octanol–water partition coefficient (Wildman–Crippen LogP) is 1.42. The minimum atomic E-state index is 0.777. The molecule has 1 aromatic heterocycles. The lowest BCUT2D eigenvalue weighted by atomic mass is 10.3. The van der Waals surface area contributed by atoms with Crippen molar-refractivity contribution in [3.8, 4) is 0 Å². The Morgan fingerprint density at radius 2 is 2.33 bits per heavy atom. The van der Waals surface area contributed by atoms with E-state index >= 15 is 0 Å². The van der Waals surface area contributed by atoms with Crippen LogP contribution in [-0.2, 0) is 17.8 Å². The van der Waals surface area contributed by atoms with Gasteiger partial charge in [-0.05, 0) is 13.3 Å². The van der Waals surface area contributed by atoms with Gasteiger partial charge in [-0.3, -0.25) is 4.68 Å².